The van der Waals surface area contributed by atoms with Crippen LogP contribution in [0.5, 0.6) is 11.5 Å². The molecule has 1 heterocycles. The van der Waals surface area contributed by atoms with Crippen molar-refractivity contribution in [2.24, 2.45) is 0 Å². The first-order valence-electron chi connectivity index (χ1n) is 5.49. The molecule has 0 radical (unpaired) electrons. The molecule has 0 saturated heterocycles. The van der Waals surface area contributed by atoms with Gasteiger partial charge in [0, 0.05) is 5.56 Å². The number of rotatable bonds is 3. The number of carbonyl (C=O) groups excluding carboxylic acids is 1. The Morgan fingerprint density at radius 3 is 3.00 bits per heavy atom. The summed E-state index contributed by atoms with van der Waals surface area (Å²) in [5.74, 6) is 0.147. The van der Waals surface area contributed by atoms with E-state index >= 15 is 0 Å². The van der Waals surface area contributed by atoms with E-state index in [1.807, 2.05) is 0 Å². The Morgan fingerprint density at radius 2 is 2.33 bits per heavy atom. The van der Waals surface area contributed by atoms with Crippen LogP contribution in [0.15, 0.2) is 6.07 Å². The lowest BCUT2D eigenvalue weighted by Gasteiger charge is -2.14. The van der Waals surface area contributed by atoms with E-state index in [1.165, 1.54) is 0 Å². The predicted octanol–water partition coefficient (Wildman–Crippen LogP) is 1.97. The van der Waals surface area contributed by atoms with Crippen molar-refractivity contribution in [2.45, 2.75) is 20.0 Å². The van der Waals surface area contributed by atoms with Crippen molar-refractivity contribution in [2.75, 3.05) is 13.4 Å². The van der Waals surface area contributed by atoms with Crippen LogP contribution in [-0.2, 0) is 9.53 Å². The van der Waals surface area contributed by atoms with Crippen molar-refractivity contribution in [1.82, 2.24) is 0 Å². The molecule has 1 aliphatic rings. The van der Waals surface area contributed by atoms with Crippen LogP contribution in [0.25, 0.3) is 0 Å². The zero-order valence-corrected chi connectivity index (χ0v) is 10.8. The van der Waals surface area contributed by atoms with E-state index in [9.17, 15) is 9.90 Å². The minimum atomic E-state index is -1.38. The van der Waals surface area contributed by atoms with Gasteiger partial charge in [0.1, 0.15) is 0 Å². The summed E-state index contributed by atoms with van der Waals surface area (Å²) in [7, 11) is 0. The Balaban J connectivity index is 2.40. The molecule has 1 N–H and O–H groups in total. The fraction of sp³-hybridized carbons (Fsp3) is 0.417. The predicted molar refractivity (Wildman–Crippen MR) is 63.9 cm³/mol. The molecule has 6 heteroatoms. The largest absolute Gasteiger partial charge is 0.464 e. The third-order valence-electron chi connectivity index (χ3n) is 2.69. The standard InChI is InChI=1S/C12H13ClO5/c1-3-16-12(15)10(14)7-4-8-11(18-5-17-8)9(13)6(7)2/h4,10,14H,3,5H2,1-2H3. The number of benzene rings is 1. The number of hydrogen-bond acceptors (Lipinski definition) is 5. The van der Waals surface area contributed by atoms with Crippen LogP contribution in [0, 0.1) is 6.92 Å². The molecule has 2 rings (SSSR count). The second-order valence-corrected chi connectivity index (χ2v) is 4.17. The molecule has 0 saturated carbocycles. The van der Waals surface area contributed by atoms with Gasteiger partial charge in [-0.1, -0.05) is 11.6 Å². The average Bonchev–Trinajstić information content (AvgIpc) is 2.81. The van der Waals surface area contributed by atoms with Gasteiger partial charge in [-0.2, -0.15) is 0 Å². The zero-order valence-electron chi connectivity index (χ0n) is 10.0. The van der Waals surface area contributed by atoms with Crippen molar-refractivity contribution in [3.05, 3.63) is 22.2 Å². The summed E-state index contributed by atoms with van der Waals surface area (Å²) in [6.07, 6.45) is -1.38. The van der Waals surface area contributed by atoms with Gasteiger partial charge in [0.15, 0.2) is 17.6 Å². The number of ether oxygens (including phenoxy) is 3. The summed E-state index contributed by atoms with van der Waals surface area (Å²) in [5, 5.41) is 10.3. The molecular weight excluding hydrogens is 260 g/mol. The second-order valence-electron chi connectivity index (χ2n) is 3.79. The van der Waals surface area contributed by atoms with Crippen molar-refractivity contribution in [3.63, 3.8) is 0 Å². The zero-order chi connectivity index (χ0) is 13.3. The molecule has 5 nitrogen and oxygen atoms in total. The highest BCUT2D eigenvalue weighted by molar-refractivity contribution is 6.33. The molecule has 1 aliphatic heterocycles. The molecule has 1 aromatic carbocycles. The number of aliphatic hydroxyl groups excluding tert-OH is 1. The topological polar surface area (TPSA) is 65.0 Å². The average molecular weight is 273 g/mol. The quantitative estimate of drug-likeness (QED) is 0.852. The van der Waals surface area contributed by atoms with Crippen LogP contribution in [0.4, 0.5) is 0 Å². The Labute approximate surface area is 109 Å². The van der Waals surface area contributed by atoms with E-state index in [4.69, 9.17) is 25.8 Å². The van der Waals surface area contributed by atoms with Crippen molar-refractivity contribution in [3.8, 4) is 11.5 Å². The lowest BCUT2D eigenvalue weighted by Crippen LogP contribution is -2.16. The number of aliphatic hydroxyl groups is 1. The van der Waals surface area contributed by atoms with Crippen molar-refractivity contribution >= 4 is 17.6 Å². The summed E-state index contributed by atoms with van der Waals surface area (Å²) in [6, 6.07) is 1.55. The highest BCUT2D eigenvalue weighted by Gasteiger charge is 2.27. The van der Waals surface area contributed by atoms with Gasteiger partial charge in [-0.15, -0.1) is 0 Å². The van der Waals surface area contributed by atoms with Crippen LogP contribution in [0.3, 0.4) is 0 Å². The van der Waals surface area contributed by atoms with Gasteiger partial charge in [0.05, 0.1) is 11.6 Å². The van der Waals surface area contributed by atoms with Gasteiger partial charge in [-0.3, -0.25) is 0 Å². The Bertz CT molecular complexity index is 486. The molecule has 1 atom stereocenters. The molecule has 18 heavy (non-hydrogen) atoms. The molecule has 1 aromatic rings. The monoisotopic (exact) mass is 272 g/mol. The van der Waals surface area contributed by atoms with Gasteiger partial charge in [-0.05, 0) is 25.5 Å². The minimum Gasteiger partial charge on any atom is -0.464 e. The Hall–Kier alpha value is -1.46. The number of hydrogen-bond donors (Lipinski definition) is 1. The number of halogens is 1. The highest BCUT2D eigenvalue weighted by Crippen LogP contribution is 2.43. The van der Waals surface area contributed by atoms with E-state index < -0.39 is 12.1 Å². The smallest absolute Gasteiger partial charge is 0.339 e. The maximum absolute atomic E-state index is 11.5. The normalized spacial score (nSPS) is 14.4. The lowest BCUT2D eigenvalue weighted by molar-refractivity contribution is -0.153. The van der Waals surface area contributed by atoms with Gasteiger partial charge in [-0.25, -0.2) is 4.79 Å². The van der Waals surface area contributed by atoms with Gasteiger partial charge >= 0.3 is 5.97 Å². The first kappa shape index (κ1) is 13.0. The number of esters is 1. The fourth-order valence-electron chi connectivity index (χ4n) is 1.75. The van der Waals surface area contributed by atoms with Crippen LogP contribution in [-0.4, -0.2) is 24.5 Å². The van der Waals surface area contributed by atoms with Gasteiger partial charge in [0.2, 0.25) is 6.79 Å². The Kier molecular flexibility index (Phi) is 3.63. The summed E-state index contributed by atoms with van der Waals surface area (Å²) in [5.41, 5.74) is 0.934. The molecule has 0 aliphatic carbocycles. The maximum atomic E-state index is 11.5. The first-order valence-corrected chi connectivity index (χ1v) is 5.87. The Morgan fingerprint density at radius 1 is 1.61 bits per heavy atom. The van der Waals surface area contributed by atoms with E-state index in [1.54, 1.807) is 19.9 Å². The van der Waals surface area contributed by atoms with E-state index in [0.717, 1.165) is 0 Å². The summed E-state index contributed by atoms with van der Waals surface area (Å²) < 4.78 is 15.2. The van der Waals surface area contributed by atoms with Crippen LogP contribution >= 0.6 is 11.6 Å². The first-order chi connectivity index (χ1) is 8.56. The van der Waals surface area contributed by atoms with Crippen LogP contribution in [0.2, 0.25) is 5.02 Å². The molecule has 0 amide bonds. The highest BCUT2D eigenvalue weighted by atomic mass is 35.5. The number of carbonyl (C=O) groups is 1. The van der Waals surface area contributed by atoms with Crippen LogP contribution in [0.1, 0.15) is 24.2 Å². The second kappa shape index (κ2) is 5.04. The fourth-order valence-corrected chi connectivity index (χ4v) is 2.00. The third kappa shape index (κ3) is 2.11. The minimum absolute atomic E-state index is 0.0768. The van der Waals surface area contributed by atoms with E-state index in [-0.39, 0.29) is 13.4 Å². The molecule has 0 aromatic heterocycles. The molecule has 1 unspecified atom stereocenters. The van der Waals surface area contributed by atoms with Crippen molar-refractivity contribution in [1.29, 1.82) is 0 Å². The van der Waals surface area contributed by atoms with Gasteiger partial charge < -0.3 is 19.3 Å². The molecular formula is C12H13ClO5. The summed E-state index contributed by atoms with van der Waals surface area (Å²) in [6.45, 7) is 3.65. The SMILES string of the molecule is CCOC(=O)C(O)c1cc2c(c(Cl)c1C)OCO2. The third-order valence-corrected chi connectivity index (χ3v) is 3.15. The summed E-state index contributed by atoms with van der Waals surface area (Å²) >= 11 is 6.10. The maximum Gasteiger partial charge on any atom is 0.339 e. The van der Waals surface area contributed by atoms with E-state index in [2.05, 4.69) is 0 Å². The number of fused-ring (bicyclic) bond motifs is 1. The molecule has 0 spiro atoms. The van der Waals surface area contributed by atoms with Crippen LogP contribution < -0.4 is 9.47 Å². The van der Waals surface area contributed by atoms with E-state index in [0.29, 0.717) is 27.6 Å². The molecule has 98 valence electrons. The van der Waals surface area contributed by atoms with Crippen molar-refractivity contribution < 1.29 is 24.1 Å². The lowest BCUT2D eigenvalue weighted by atomic mass is 10.0. The molecule has 0 bridgehead atoms. The van der Waals surface area contributed by atoms with Gasteiger partial charge in [0.25, 0.3) is 0 Å². The molecule has 0 fully saturated rings. The summed E-state index contributed by atoms with van der Waals surface area (Å²) in [4.78, 5) is 11.5.